The van der Waals surface area contributed by atoms with E-state index in [0.29, 0.717) is 5.69 Å². The monoisotopic (exact) mass is 480 g/mol. The van der Waals surface area contributed by atoms with Crippen molar-refractivity contribution >= 4 is 46.4 Å². The number of rotatable bonds is 6. The molecule has 0 radical (unpaired) electrons. The number of carbonyl (C=O) groups is 3. The number of halogens is 2. The van der Waals surface area contributed by atoms with Gasteiger partial charge in [-0.2, -0.15) is 0 Å². The highest BCUT2D eigenvalue weighted by atomic mass is 32.1. The number of hydrazine groups is 1. The Balaban J connectivity index is 1.60. The topological polar surface area (TPSA) is 81.8 Å². The standard InChI is InChI=1S/C24H18F2N4O3S/c25-16-8-6-7-15(13-16)22(32)28-30-20(14-21(31)27-19-12-5-4-11-18(19)26)23(33)29(24(30)34)17-9-2-1-3-10-17/h1-13,20H,14H2,(H,27,31)(H,28,32)/t20-/m0/s1. The van der Waals surface area contributed by atoms with Crippen molar-refractivity contribution in [2.24, 2.45) is 0 Å². The van der Waals surface area contributed by atoms with Crippen LogP contribution in [0.15, 0.2) is 78.9 Å². The second-order valence-corrected chi connectivity index (χ2v) is 7.73. The zero-order valence-electron chi connectivity index (χ0n) is 17.6. The number of hydrogen-bond acceptors (Lipinski definition) is 4. The van der Waals surface area contributed by atoms with Gasteiger partial charge in [-0.3, -0.25) is 24.7 Å². The van der Waals surface area contributed by atoms with E-state index >= 15 is 0 Å². The fourth-order valence-electron chi connectivity index (χ4n) is 3.46. The Labute approximate surface area is 198 Å². The first-order valence-electron chi connectivity index (χ1n) is 10.2. The molecule has 1 fully saturated rings. The number of nitrogens with one attached hydrogen (secondary N) is 2. The highest BCUT2D eigenvalue weighted by molar-refractivity contribution is 7.80. The summed E-state index contributed by atoms with van der Waals surface area (Å²) in [6, 6.07) is 17.9. The van der Waals surface area contributed by atoms with Gasteiger partial charge in [0.15, 0.2) is 0 Å². The Morgan fingerprint density at radius 1 is 0.941 bits per heavy atom. The average Bonchev–Trinajstić information content (AvgIpc) is 3.05. The van der Waals surface area contributed by atoms with Crippen molar-refractivity contribution in [1.82, 2.24) is 10.4 Å². The Kier molecular flexibility index (Phi) is 6.60. The summed E-state index contributed by atoms with van der Waals surface area (Å²) in [5.74, 6) is -3.18. The van der Waals surface area contributed by atoms with Crippen LogP contribution in [0.2, 0.25) is 0 Å². The van der Waals surface area contributed by atoms with E-state index in [4.69, 9.17) is 12.2 Å². The van der Waals surface area contributed by atoms with Crippen LogP contribution in [0.1, 0.15) is 16.8 Å². The molecule has 3 aromatic carbocycles. The van der Waals surface area contributed by atoms with E-state index in [0.717, 1.165) is 11.1 Å². The van der Waals surface area contributed by atoms with E-state index < -0.39 is 41.8 Å². The van der Waals surface area contributed by atoms with Crippen LogP contribution in [-0.4, -0.2) is 33.9 Å². The third-order valence-corrected chi connectivity index (χ3v) is 5.44. The summed E-state index contributed by atoms with van der Waals surface area (Å²) in [7, 11) is 0. The SMILES string of the molecule is O=C(C[C@H]1C(=O)N(c2ccccc2)C(=S)N1NC(=O)c1cccc(F)c1)Nc1ccccc1F. The molecule has 3 aromatic rings. The quantitative estimate of drug-likeness (QED) is 0.527. The number of para-hydroxylation sites is 2. The number of thiocarbonyl (C=S) groups is 1. The van der Waals surface area contributed by atoms with Crippen molar-refractivity contribution in [2.75, 3.05) is 10.2 Å². The van der Waals surface area contributed by atoms with E-state index in [-0.39, 0.29) is 16.4 Å². The molecule has 0 spiro atoms. The molecule has 1 heterocycles. The van der Waals surface area contributed by atoms with Gasteiger partial charge in [0.1, 0.15) is 17.7 Å². The zero-order chi connectivity index (χ0) is 24.2. The van der Waals surface area contributed by atoms with Crippen LogP contribution in [0.3, 0.4) is 0 Å². The van der Waals surface area contributed by atoms with Crippen LogP contribution in [0.5, 0.6) is 0 Å². The molecule has 7 nitrogen and oxygen atoms in total. The van der Waals surface area contributed by atoms with Gasteiger partial charge in [0, 0.05) is 5.56 Å². The largest absolute Gasteiger partial charge is 0.324 e. The van der Waals surface area contributed by atoms with Gasteiger partial charge in [-0.05, 0) is 54.7 Å². The van der Waals surface area contributed by atoms with E-state index in [2.05, 4.69) is 10.7 Å². The van der Waals surface area contributed by atoms with Gasteiger partial charge in [-0.25, -0.2) is 13.8 Å². The minimum atomic E-state index is -1.21. The van der Waals surface area contributed by atoms with Crippen molar-refractivity contribution in [3.8, 4) is 0 Å². The van der Waals surface area contributed by atoms with E-state index in [9.17, 15) is 23.2 Å². The molecule has 0 aliphatic carbocycles. The molecule has 0 saturated carbocycles. The predicted molar refractivity (Wildman–Crippen MR) is 126 cm³/mol. The van der Waals surface area contributed by atoms with E-state index in [1.807, 2.05) is 0 Å². The zero-order valence-corrected chi connectivity index (χ0v) is 18.4. The fraction of sp³-hybridized carbons (Fsp3) is 0.0833. The Morgan fingerprint density at radius 2 is 1.65 bits per heavy atom. The van der Waals surface area contributed by atoms with Gasteiger partial charge in [0.2, 0.25) is 11.0 Å². The maximum atomic E-state index is 13.9. The molecule has 4 rings (SSSR count). The highest BCUT2D eigenvalue weighted by Gasteiger charge is 2.45. The first-order chi connectivity index (χ1) is 16.3. The van der Waals surface area contributed by atoms with E-state index in [1.165, 1.54) is 41.3 Å². The summed E-state index contributed by atoms with van der Waals surface area (Å²) >= 11 is 5.45. The molecule has 3 amide bonds. The van der Waals surface area contributed by atoms with Crippen LogP contribution in [0.25, 0.3) is 0 Å². The minimum Gasteiger partial charge on any atom is -0.324 e. The van der Waals surface area contributed by atoms with Crippen LogP contribution < -0.4 is 15.6 Å². The molecule has 1 aliphatic rings. The number of amides is 3. The number of hydrogen-bond donors (Lipinski definition) is 2. The Bertz CT molecular complexity index is 1270. The highest BCUT2D eigenvalue weighted by Crippen LogP contribution is 2.26. The molecule has 34 heavy (non-hydrogen) atoms. The summed E-state index contributed by atoms with van der Waals surface area (Å²) in [5.41, 5.74) is 2.90. The molecule has 0 unspecified atom stereocenters. The minimum absolute atomic E-state index is 0.00275. The molecule has 0 aromatic heterocycles. The van der Waals surface area contributed by atoms with Crippen LogP contribution >= 0.6 is 12.2 Å². The third kappa shape index (κ3) is 4.76. The Hall–Kier alpha value is -4.18. The second kappa shape index (κ2) is 9.75. The maximum absolute atomic E-state index is 13.9. The summed E-state index contributed by atoms with van der Waals surface area (Å²) in [5, 5.41) is 3.45. The van der Waals surface area contributed by atoms with Gasteiger partial charge >= 0.3 is 0 Å². The lowest BCUT2D eigenvalue weighted by Crippen LogP contribution is -2.49. The lowest BCUT2D eigenvalue weighted by atomic mass is 10.1. The summed E-state index contributed by atoms with van der Waals surface area (Å²) in [4.78, 5) is 39.9. The predicted octanol–water partition coefficient (Wildman–Crippen LogP) is 3.64. The lowest BCUT2D eigenvalue weighted by Gasteiger charge is -2.24. The van der Waals surface area contributed by atoms with Crippen molar-refractivity contribution in [3.63, 3.8) is 0 Å². The molecule has 172 valence electrons. The molecular weight excluding hydrogens is 462 g/mol. The molecule has 10 heteroatoms. The lowest BCUT2D eigenvalue weighted by molar-refractivity contribution is -0.124. The number of carbonyl (C=O) groups excluding carboxylic acids is 3. The van der Waals surface area contributed by atoms with Crippen molar-refractivity contribution in [3.05, 3.63) is 96.1 Å². The van der Waals surface area contributed by atoms with Crippen molar-refractivity contribution < 1.29 is 23.2 Å². The summed E-state index contributed by atoms with van der Waals surface area (Å²) in [6.07, 6.45) is -0.430. The van der Waals surface area contributed by atoms with Gasteiger partial charge < -0.3 is 5.32 Å². The molecular formula is C24H18F2N4O3S. The third-order valence-electron chi connectivity index (χ3n) is 5.06. The fourth-order valence-corrected chi connectivity index (χ4v) is 3.83. The smallest absolute Gasteiger partial charge is 0.269 e. The van der Waals surface area contributed by atoms with E-state index in [1.54, 1.807) is 36.4 Å². The summed E-state index contributed by atoms with van der Waals surface area (Å²) < 4.78 is 27.5. The van der Waals surface area contributed by atoms with Gasteiger partial charge in [0.25, 0.3) is 11.8 Å². The number of nitrogens with zero attached hydrogens (tertiary/aromatic N) is 2. The normalized spacial score (nSPS) is 15.4. The number of benzene rings is 3. The Morgan fingerprint density at radius 3 is 2.35 bits per heavy atom. The molecule has 0 bridgehead atoms. The first-order valence-corrected chi connectivity index (χ1v) is 10.6. The van der Waals surface area contributed by atoms with Crippen molar-refractivity contribution in [1.29, 1.82) is 0 Å². The summed E-state index contributed by atoms with van der Waals surface area (Å²) in [6.45, 7) is 0. The molecule has 1 aliphatic heterocycles. The van der Waals surface area contributed by atoms with Gasteiger partial charge in [0.05, 0.1) is 17.8 Å². The van der Waals surface area contributed by atoms with Crippen LogP contribution in [0.4, 0.5) is 20.2 Å². The van der Waals surface area contributed by atoms with Crippen LogP contribution in [0, 0.1) is 11.6 Å². The number of anilines is 2. The van der Waals surface area contributed by atoms with Gasteiger partial charge in [-0.1, -0.05) is 36.4 Å². The molecule has 2 N–H and O–H groups in total. The molecule has 1 saturated heterocycles. The first kappa shape index (κ1) is 23.0. The second-order valence-electron chi connectivity index (χ2n) is 7.36. The van der Waals surface area contributed by atoms with Gasteiger partial charge in [-0.15, -0.1) is 0 Å². The maximum Gasteiger partial charge on any atom is 0.269 e. The molecule has 1 atom stereocenters. The van der Waals surface area contributed by atoms with Crippen LogP contribution in [-0.2, 0) is 9.59 Å². The average molecular weight is 480 g/mol. The van der Waals surface area contributed by atoms with Crippen molar-refractivity contribution in [2.45, 2.75) is 12.5 Å².